The van der Waals surface area contributed by atoms with Crippen molar-refractivity contribution in [3.63, 3.8) is 0 Å². The molecule has 26 heavy (non-hydrogen) atoms. The lowest BCUT2D eigenvalue weighted by atomic mass is 10.1. The fourth-order valence-electron chi connectivity index (χ4n) is 2.41. The maximum absolute atomic E-state index is 11.4. The lowest BCUT2D eigenvalue weighted by Crippen LogP contribution is -2.12. The van der Waals surface area contributed by atoms with Crippen LogP contribution in [0.15, 0.2) is 47.5 Å². The molecular formula is C16H12Cl3N3O3S. The summed E-state index contributed by atoms with van der Waals surface area (Å²) in [5.41, 5.74) is 1.63. The number of nitrogens with zero attached hydrogens (tertiary/aromatic N) is 2. The smallest absolute Gasteiger partial charge is 0.238 e. The molecule has 0 unspecified atom stereocenters. The molecule has 0 bridgehead atoms. The van der Waals surface area contributed by atoms with Crippen LogP contribution in [0.1, 0.15) is 0 Å². The molecule has 0 saturated heterocycles. The number of benzene rings is 2. The van der Waals surface area contributed by atoms with Crippen molar-refractivity contribution in [2.24, 2.45) is 5.14 Å². The number of nitrogens with two attached hydrogens (primary N) is 1. The van der Waals surface area contributed by atoms with E-state index in [9.17, 15) is 8.42 Å². The van der Waals surface area contributed by atoms with Crippen LogP contribution >= 0.6 is 34.8 Å². The first-order valence-electron chi connectivity index (χ1n) is 7.12. The van der Waals surface area contributed by atoms with Gasteiger partial charge in [-0.05, 0) is 30.3 Å². The maximum atomic E-state index is 11.4. The van der Waals surface area contributed by atoms with Gasteiger partial charge in [0.25, 0.3) is 0 Å². The van der Waals surface area contributed by atoms with Crippen molar-refractivity contribution in [3.05, 3.63) is 57.7 Å². The van der Waals surface area contributed by atoms with Gasteiger partial charge in [0.2, 0.25) is 10.0 Å². The second-order valence-corrected chi connectivity index (χ2v) is 8.04. The van der Waals surface area contributed by atoms with Gasteiger partial charge in [-0.2, -0.15) is 5.10 Å². The first-order valence-corrected chi connectivity index (χ1v) is 9.80. The molecule has 1 heterocycles. The molecule has 0 aliphatic rings. The van der Waals surface area contributed by atoms with Crippen LogP contribution in [-0.2, 0) is 10.0 Å². The quantitative estimate of drug-likeness (QED) is 0.670. The van der Waals surface area contributed by atoms with Crippen LogP contribution in [0.25, 0.3) is 16.9 Å². The Kier molecular flexibility index (Phi) is 5.18. The van der Waals surface area contributed by atoms with Crippen molar-refractivity contribution < 1.29 is 13.2 Å². The number of sulfonamides is 1. The minimum absolute atomic E-state index is 0.00780. The molecule has 10 heteroatoms. The van der Waals surface area contributed by atoms with E-state index in [0.29, 0.717) is 37.8 Å². The summed E-state index contributed by atoms with van der Waals surface area (Å²) in [7, 11) is -2.30. The third-order valence-corrected chi connectivity index (χ3v) is 5.44. The molecule has 2 N–H and O–H groups in total. The van der Waals surface area contributed by atoms with Crippen molar-refractivity contribution in [3.8, 4) is 22.7 Å². The summed E-state index contributed by atoms with van der Waals surface area (Å²) in [6.07, 6.45) is 1.46. The Balaban J connectivity index is 2.15. The third-order valence-electron chi connectivity index (χ3n) is 3.63. The summed E-state index contributed by atoms with van der Waals surface area (Å²) >= 11 is 18.9. The van der Waals surface area contributed by atoms with Gasteiger partial charge < -0.3 is 4.74 Å². The molecule has 3 rings (SSSR count). The molecule has 1 aromatic heterocycles. The fraction of sp³-hybridized carbons (Fsp3) is 0.0625. The second-order valence-electron chi connectivity index (χ2n) is 5.26. The highest BCUT2D eigenvalue weighted by molar-refractivity contribution is 7.89. The lowest BCUT2D eigenvalue weighted by Gasteiger charge is -2.12. The number of primary sulfonamides is 1. The average Bonchev–Trinajstić information content (AvgIpc) is 2.97. The Bertz CT molecular complexity index is 1080. The number of methoxy groups -OCH3 is 1. The van der Waals surface area contributed by atoms with E-state index >= 15 is 0 Å². The minimum atomic E-state index is -3.79. The van der Waals surface area contributed by atoms with E-state index < -0.39 is 10.0 Å². The zero-order valence-corrected chi connectivity index (χ0v) is 16.4. The van der Waals surface area contributed by atoms with Crippen molar-refractivity contribution in [1.29, 1.82) is 0 Å². The highest BCUT2D eigenvalue weighted by atomic mass is 35.5. The zero-order valence-electron chi connectivity index (χ0n) is 13.3. The molecule has 0 aliphatic carbocycles. The monoisotopic (exact) mass is 431 g/mol. The number of rotatable bonds is 4. The average molecular weight is 433 g/mol. The van der Waals surface area contributed by atoms with Gasteiger partial charge in [-0.1, -0.05) is 34.8 Å². The standard InChI is InChI=1S/C16H12Cl3N3O3S/c1-25-15-7-12(17)11(6-13(15)18)16-14(19)8-21-22(16)9-2-4-10(5-3-9)26(20,23)24/h2-8H,1H3,(H2,20,23,24). The number of aromatic nitrogens is 2. The van der Waals surface area contributed by atoms with E-state index in [-0.39, 0.29) is 4.90 Å². The predicted molar refractivity (Wildman–Crippen MR) is 102 cm³/mol. The molecule has 2 aromatic carbocycles. The van der Waals surface area contributed by atoms with Gasteiger partial charge in [0, 0.05) is 11.6 Å². The first-order chi connectivity index (χ1) is 12.2. The van der Waals surface area contributed by atoms with Gasteiger partial charge in [-0.25, -0.2) is 18.2 Å². The highest BCUT2D eigenvalue weighted by Crippen LogP contribution is 2.40. The molecular weight excluding hydrogens is 421 g/mol. The van der Waals surface area contributed by atoms with E-state index in [1.54, 1.807) is 24.3 Å². The van der Waals surface area contributed by atoms with E-state index in [1.807, 2.05) is 0 Å². The lowest BCUT2D eigenvalue weighted by molar-refractivity contribution is 0.415. The fourth-order valence-corrected chi connectivity index (χ4v) is 3.64. The molecule has 136 valence electrons. The van der Waals surface area contributed by atoms with Crippen LogP contribution in [0, 0.1) is 0 Å². The summed E-state index contributed by atoms with van der Waals surface area (Å²) in [6.45, 7) is 0. The van der Waals surface area contributed by atoms with E-state index in [2.05, 4.69) is 5.10 Å². The highest BCUT2D eigenvalue weighted by Gasteiger charge is 2.19. The molecule has 0 aliphatic heterocycles. The van der Waals surface area contributed by atoms with Gasteiger partial charge in [0.05, 0.1) is 44.7 Å². The van der Waals surface area contributed by atoms with Crippen LogP contribution in [0.2, 0.25) is 15.1 Å². The van der Waals surface area contributed by atoms with Crippen LogP contribution in [0.4, 0.5) is 0 Å². The molecule has 3 aromatic rings. The van der Waals surface area contributed by atoms with Crippen molar-refractivity contribution in [2.45, 2.75) is 4.90 Å². The van der Waals surface area contributed by atoms with Gasteiger partial charge >= 0.3 is 0 Å². The first kappa shape index (κ1) is 19.0. The summed E-state index contributed by atoms with van der Waals surface area (Å²) in [5, 5.41) is 10.4. The second kappa shape index (κ2) is 7.09. The van der Waals surface area contributed by atoms with Crippen LogP contribution in [0.5, 0.6) is 5.75 Å². The van der Waals surface area contributed by atoms with Crippen LogP contribution < -0.4 is 9.88 Å². The third kappa shape index (κ3) is 3.54. The van der Waals surface area contributed by atoms with Crippen LogP contribution in [0.3, 0.4) is 0 Å². The van der Waals surface area contributed by atoms with E-state index in [4.69, 9.17) is 44.7 Å². The topological polar surface area (TPSA) is 87.2 Å². The largest absolute Gasteiger partial charge is 0.495 e. The summed E-state index contributed by atoms with van der Waals surface area (Å²) in [4.78, 5) is -0.00780. The van der Waals surface area contributed by atoms with E-state index in [0.717, 1.165) is 0 Å². The summed E-state index contributed by atoms with van der Waals surface area (Å²) < 4.78 is 29.5. The Morgan fingerprint density at radius 3 is 2.27 bits per heavy atom. The minimum Gasteiger partial charge on any atom is -0.495 e. The number of hydrogen-bond acceptors (Lipinski definition) is 4. The Hall–Kier alpha value is -1.77. The molecule has 0 amide bonds. The van der Waals surface area contributed by atoms with Crippen LogP contribution in [-0.4, -0.2) is 25.3 Å². The Morgan fingerprint density at radius 1 is 1.04 bits per heavy atom. The predicted octanol–water partition coefficient (Wildman–Crippen LogP) is 4.16. The number of halogens is 3. The molecule has 0 fully saturated rings. The Morgan fingerprint density at radius 2 is 1.69 bits per heavy atom. The van der Waals surface area contributed by atoms with Gasteiger partial charge in [0.15, 0.2) is 0 Å². The Labute approximate surface area is 165 Å². The van der Waals surface area contributed by atoms with Gasteiger partial charge in [-0.3, -0.25) is 0 Å². The molecule has 0 atom stereocenters. The molecule has 0 spiro atoms. The zero-order chi connectivity index (χ0) is 19.1. The molecule has 0 radical (unpaired) electrons. The number of hydrogen-bond donors (Lipinski definition) is 1. The van der Waals surface area contributed by atoms with Gasteiger partial charge in [0.1, 0.15) is 5.75 Å². The van der Waals surface area contributed by atoms with Crippen molar-refractivity contribution in [2.75, 3.05) is 7.11 Å². The summed E-state index contributed by atoms with van der Waals surface area (Å²) in [5.74, 6) is 0.431. The van der Waals surface area contributed by atoms with Crippen molar-refractivity contribution in [1.82, 2.24) is 9.78 Å². The van der Waals surface area contributed by atoms with E-state index in [1.165, 1.54) is 30.1 Å². The molecule has 6 nitrogen and oxygen atoms in total. The maximum Gasteiger partial charge on any atom is 0.238 e. The summed E-state index contributed by atoms with van der Waals surface area (Å²) in [6, 6.07) is 9.09. The SMILES string of the molecule is COc1cc(Cl)c(-c2c(Cl)cnn2-c2ccc(S(N)(=O)=O)cc2)cc1Cl. The van der Waals surface area contributed by atoms with Gasteiger partial charge in [-0.15, -0.1) is 0 Å². The number of ether oxygens (including phenoxy) is 1. The normalized spacial score (nSPS) is 11.6. The van der Waals surface area contributed by atoms with Crippen molar-refractivity contribution >= 4 is 44.8 Å². The molecule has 0 saturated carbocycles.